The van der Waals surface area contributed by atoms with E-state index in [9.17, 15) is 19.2 Å². The fourth-order valence-electron chi connectivity index (χ4n) is 10.4. The van der Waals surface area contributed by atoms with E-state index in [1.807, 2.05) is 97.1 Å². The zero-order valence-electron chi connectivity index (χ0n) is 35.7. The molecule has 0 aromatic heterocycles. The van der Waals surface area contributed by atoms with E-state index in [0.29, 0.717) is 54.6 Å². The molecular formula is C55H49N2O5P. The van der Waals surface area contributed by atoms with Crippen LogP contribution >= 0.6 is 7.14 Å². The minimum Gasteiger partial charge on any atom is -0.309 e. The molecule has 63 heavy (non-hydrogen) atoms. The van der Waals surface area contributed by atoms with E-state index in [-0.39, 0.29) is 17.9 Å². The Balaban J connectivity index is 1.04. The summed E-state index contributed by atoms with van der Waals surface area (Å²) in [5, 5.41) is 8.35. The molecule has 0 fully saturated rings. The Morgan fingerprint density at radius 2 is 0.794 bits per heavy atom. The standard InChI is InChI=1S/C55H49N2O5P/c1-3-5-7-11-17-35(18-12-8-6-4-2)56-52(58)44-31-27-40-42-29-33-46-51-47(34-30-43(49(42)51)41-28-32-45(53(56)59)50(44)48(40)41)55(61)57(54(46)60)36-23-25-39(26-24-36)63(62,37-19-13-9-14-20-37)38-21-15-10-16-22-38/h9-10,13-16,19-35H,3-8,11-12,17-18H2,1-2H3. The molecule has 0 saturated heterocycles. The van der Waals surface area contributed by atoms with Gasteiger partial charge in [-0.15, -0.1) is 0 Å². The number of fused-ring (bicyclic) bond motifs is 2. The van der Waals surface area contributed by atoms with Crippen molar-refractivity contribution in [1.82, 2.24) is 4.90 Å². The summed E-state index contributed by atoms with van der Waals surface area (Å²) in [6.45, 7) is 4.38. The van der Waals surface area contributed by atoms with Gasteiger partial charge in [0, 0.05) is 55.0 Å². The maximum absolute atomic E-state index is 15.0. The van der Waals surface area contributed by atoms with Gasteiger partial charge in [-0.2, -0.15) is 0 Å². The minimum absolute atomic E-state index is 0.149. The van der Waals surface area contributed by atoms with Crippen LogP contribution < -0.4 is 20.8 Å². The van der Waals surface area contributed by atoms with Gasteiger partial charge in [0.05, 0.1) is 5.69 Å². The van der Waals surface area contributed by atoms with Gasteiger partial charge >= 0.3 is 0 Å². The van der Waals surface area contributed by atoms with Gasteiger partial charge in [0.1, 0.15) is 0 Å². The van der Waals surface area contributed by atoms with Crippen LogP contribution in [0.5, 0.6) is 0 Å². The predicted molar refractivity (Wildman–Crippen MR) is 256 cm³/mol. The molecule has 2 heterocycles. The van der Waals surface area contributed by atoms with E-state index >= 15 is 4.57 Å². The molecule has 0 unspecified atom stereocenters. The number of amides is 4. The predicted octanol–water partition coefficient (Wildman–Crippen LogP) is 12.1. The molecule has 0 spiro atoms. The van der Waals surface area contributed by atoms with Gasteiger partial charge in [-0.25, -0.2) is 4.90 Å². The first-order valence-corrected chi connectivity index (χ1v) is 24.3. The van der Waals surface area contributed by atoms with Gasteiger partial charge in [0.25, 0.3) is 23.6 Å². The lowest BCUT2D eigenvalue weighted by atomic mass is 9.82. The minimum atomic E-state index is -3.27. The Morgan fingerprint density at radius 3 is 1.19 bits per heavy atom. The Labute approximate surface area is 367 Å². The number of carbonyl (C=O) groups is 4. The van der Waals surface area contributed by atoms with Crippen LogP contribution in [0.4, 0.5) is 5.69 Å². The van der Waals surface area contributed by atoms with Crippen molar-refractivity contribution >= 4 is 95.5 Å². The summed E-state index contributed by atoms with van der Waals surface area (Å²) < 4.78 is 15.0. The van der Waals surface area contributed by atoms with Crippen molar-refractivity contribution in [1.29, 1.82) is 0 Å². The maximum Gasteiger partial charge on any atom is 0.265 e. The van der Waals surface area contributed by atoms with E-state index in [1.165, 1.54) is 4.90 Å². The van der Waals surface area contributed by atoms with E-state index in [4.69, 9.17) is 0 Å². The largest absolute Gasteiger partial charge is 0.309 e. The number of hydrogen-bond donors (Lipinski definition) is 0. The first-order chi connectivity index (χ1) is 30.8. The van der Waals surface area contributed by atoms with Gasteiger partial charge in [-0.05, 0) is 93.7 Å². The quantitative estimate of drug-likeness (QED) is 0.0337. The van der Waals surface area contributed by atoms with Crippen LogP contribution in [-0.2, 0) is 4.57 Å². The number of unbranched alkanes of at least 4 members (excludes halogenated alkanes) is 6. The average Bonchev–Trinajstić information content (AvgIpc) is 3.32. The molecule has 0 bridgehead atoms. The highest BCUT2D eigenvalue weighted by molar-refractivity contribution is 7.85. The highest BCUT2D eigenvalue weighted by Crippen LogP contribution is 2.48. The third-order valence-corrected chi connectivity index (χ3v) is 16.6. The summed E-state index contributed by atoms with van der Waals surface area (Å²) in [4.78, 5) is 61.0. The van der Waals surface area contributed by atoms with Gasteiger partial charge in [-0.3, -0.25) is 24.1 Å². The molecule has 0 radical (unpaired) electrons. The van der Waals surface area contributed by atoms with Crippen LogP contribution in [0.2, 0.25) is 0 Å². The van der Waals surface area contributed by atoms with Crippen LogP contribution in [-0.4, -0.2) is 34.6 Å². The first-order valence-electron chi connectivity index (χ1n) is 22.6. The second kappa shape index (κ2) is 16.4. The molecule has 8 aromatic rings. The van der Waals surface area contributed by atoms with Crippen molar-refractivity contribution < 1.29 is 23.7 Å². The molecule has 4 amide bonds. The Bertz CT molecular complexity index is 2990. The molecule has 10 rings (SSSR count). The summed E-state index contributed by atoms with van der Waals surface area (Å²) in [6, 6.07) is 40.7. The normalized spacial score (nSPS) is 14.1. The first kappa shape index (κ1) is 40.6. The van der Waals surface area contributed by atoms with Crippen molar-refractivity contribution in [3.63, 3.8) is 0 Å². The molecule has 2 aliphatic heterocycles. The van der Waals surface area contributed by atoms with Gasteiger partial charge < -0.3 is 4.57 Å². The summed E-state index contributed by atoms with van der Waals surface area (Å²) >= 11 is 0. The monoisotopic (exact) mass is 848 g/mol. The molecule has 0 N–H and O–H groups in total. The van der Waals surface area contributed by atoms with Crippen molar-refractivity contribution in [3.05, 3.63) is 156 Å². The smallest absolute Gasteiger partial charge is 0.265 e. The number of imide groups is 2. The van der Waals surface area contributed by atoms with E-state index in [0.717, 1.165) is 96.5 Å². The van der Waals surface area contributed by atoms with E-state index in [1.54, 1.807) is 41.3 Å². The molecule has 8 aromatic carbocycles. The summed E-state index contributed by atoms with van der Waals surface area (Å²) in [5.74, 6) is -1.33. The molecule has 0 aliphatic carbocycles. The molecule has 0 saturated carbocycles. The highest BCUT2D eigenvalue weighted by Gasteiger charge is 2.40. The molecule has 314 valence electrons. The van der Waals surface area contributed by atoms with E-state index < -0.39 is 19.0 Å². The third-order valence-electron chi connectivity index (χ3n) is 13.5. The average molecular weight is 849 g/mol. The SMILES string of the molecule is CCCCCCC(CCCCCC)N1C(=O)c2ccc3c4ccc5c6c(ccc(c7ccc(c2c37)C1=O)c64)C(=O)N(c1ccc(P(=O)(c2ccccc2)c2ccccc2)cc1)C5=O. The Hall–Kier alpha value is -6.43. The molecule has 0 atom stereocenters. The van der Waals surface area contributed by atoms with Crippen LogP contribution in [0.25, 0.3) is 43.1 Å². The number of benzene rings is 8. The van der Waals surface area contributed by atoms with Gasteiger partial charge in [0.15, 0.2) is 7.14 Å². The molecule has 8 heteroatoms. The third kappa shape index (κ3) is 6.42. The number of hydrogen-bond acceptors (Lipinski definition) is 5. The van der Waals surface area contributed by atoms with Crippen LogP contribution in [0, 0.1) is 0 Å². The second-order valence-corrected chi connectivity index (χ2v) is 20.0. The number of rotatable bonds is 15. The van der Waals surface area contributed by atoms with Gasteiger partial charge in [-0.1, -0.05) is 150 Å². The van der Waals surface area contributed by atoms with Crippen LogP contribution in [0.3, 0.4) is 0 Å². The molecule has 2 aliphatic rings. The lowest BCUT2D eigenvalue weighted by molar-refractivity contribution is 0.0516. The van der Waals surface area contributed by atoms with Crippen LogP contribution in [0.15, 0.2) is 133 Å². The summed E-state index contributed by atoms with van der Waals surface area (Å²) in [5.41, 5.74) is 2.29. The lowest BCUT2D eigenvalue weighted by Crippen LogP contribution is -2.47. The number of nitrogens with zero attached hydrogens (tertiary/aromatic N) is 2. The zero-order valence-corrected chi connectivity index (χ0v) is 36.6. The van der Waals surface area contributed by atoms with E-state index in [2.05, 4.69) is 13.8 Å². The number of anilines is 1. The van der Waals surface area contributed by atoms with Crippen molar-refractivity contribution in [3.8, 4) is 0 Å². The highest BCUT2D eigenvalue weighted by atomic mass is 31.2. The maximum atomic E-state index is 15.0. The van der Waals surface area contributed by atoms with Crippen molar-refractivity contribution in [2.24, 2.45) is 0 Å². The van der Waals surface area contributed by atoms with Crippen LogP contribution in [0.1, 0.15) is 119 Å². The molecular weight excluding hydrogens is 800 g/mol. The van der Waals surface area contributed by atoms with Crippen molar-refractivity contribution in [2.75, 3.05) is 4.90 Å². The fourth-order valence-corrected chi connectivity index (χ4v) is 13.1. The Kier molecular flexibility index (Phi) is 10.6. The molecule has 7 nitrogen and oxygen atoms in total. The number of carbonyl (C=O) groups excluding carboxylic acids is 4. The second-order valence-electron chi connectivity index (χ2n) is 17.2. The fraction of sp³-hybridized carbons (Fsp3) is 0.236. The lowest BCUT2D eigenvalue weighted by Gasteiger charge is -2.35. The summed E-state index contributed by atoms with van der Waals surface area (Å²) in [6.07, 6.45) is 10.3. The topological polar surface area (TPSA) is 91.8 Å². The van der Waals surface area contributed by atoms with Gasteiger partial charge in [0.2, 0.25) is 0 Å². The zero-order chi connectivity index (χ0) is 43.4. The van der Waals surface area contributed by atoms with Crippen molar-refractivity contribution in [2.45, 2.75) is 84.1 Å². The Morgan fingerprint density at radius 1 is 0.413 bits per heavy atom. The summed E-state index contributed by atoms with van der Waals surface area (Å²) in [7, 11) is -3.27.